The zero-order valence-electron chi connectivity index (χ0n) is 13.3. The van der Waals surface area contributed by atoms with Crippen LogP contribution in [0, 0.1) is 12.8 Å². The number of nitrogens with one attached hydrogen (secondary N) is 1. The lowest BCUT2D eigenvalue weighted by Crippen LogP contribution is -2.39. The van der Waals surface area contributed by atoms with Crippen molar-refractivity contribution in [3.05, 3.63) is 29.3 Å². The van der Waals surface area contributed by atoms with E-state index in [1.54, 1.807) is 6.07 Å². The van der Waals surface area contributed by atoms with E-state index in [0.29, 0.717) is 17.8 Å². The van der Waals surface area contributed by atoms with Crippen molar-refractivity contribution in [2.24, 2.45) is 5.92 Å². The smallest absolute Gasteiger partial charge is 0.251 e. The maximum atomic E-state index is 12.1. The number of piperidine rings is 1. The summed E-state index contributed by atoms with van der Waals surface area (Å²) in [4.78, 5) is 14.5. The molecule has 1 fully saturated rings. The summed E-state index contributed by atoms with van der Waals surface area (Å²) >= 11 is 0. The number of nitrogens with zero attached hydrogens (tertiary/aromatic N) is 1. The molecule has 3 N–H and O–H groups in total. The minimum absolute atomic E-state index is 0. The zero-order chi connectivity index (χ0) is 14.5. The van der Waals surface area contributed by atoms with Crippen molar-refractivity contribution in [3.8, 4) is 0 Å². The van der Waals surface area contributed by atoms with E-state index in [-0.39, 0.29) is 30.7 Å². The number of anilines is 1. The highest BCUT2D eigenvalue weighted by Crippen LogP contribution is 2.15. The number of benzene rings is 1. The number of rotatable bonds is 4. The SMILES string of the molecule is Cc1ccc(N)cc1C(=O)NCCN1CCC(C)CC1.Cl.Cl. The highest BCUT2D eigenvalue weighted by atomic mass is 35.5. The van der Waals surface area contributed by atoms with Gasteiger partial charge in [-0.1, -0.05) is 13.0 Å². The zero-order valence-corrected chi connectivity index (χ0v) is 14.9. The van der Waals surface area contributed by atoms with E-state index < -0.39 is 0 Å². The summed E-state index contributed by atoms with van der Waals surface area (Å²) in [6.07, 6.45) is 2.53. The first-order valence-electron chi connectivity index (χ1n) is 7.43. The normalized spacial score (nSPS) is 15.5. The number of amides is 1. The molecule has 0 radical (unpaired) electrons. The summed E-state index contributed by atoms with van der Waals surface area (Å²) in [5.41, 5.74) is 8.01. The Morgan fingerprint density at radius 1 is 1.32 bits per heavy atom. The number of halogens is 2. The third-order valence-corrected chi connectivity index (χ3v) is 4.10. The molecule has 1 heterocycles. The number of aryl methyl sites for hydroxylation is 1. The van der Waals surface area contributed by atoms with Crippen LogP contribution in [0.5, 0.6) is 0 Å². The largest absolute Gasteiger partial charge is 0.399 e. The van der Waals surface area contributed by atoms with Gasteiger partial charge >= 0.3 is 0 Å². The lowest BCUT2D eigenvalue weighted by Gasteiger charge is -2.30. The molecular formula is C16H27Cl2N3O. The molecule has 1 amide bonds. The lowest BCUT2D eigenvalue weighted by atomic mass is 9.99. The second-order valence-corrected chi connectivity index (χ2v) is 5.85. The third-order valence-electron chi connectivity index (χ3n) is 4.10. The van der Waals surface area contributed by atoms with Crippen LogP contribution in [-0.4, -0.2) is 37.0 Å². The Labute approximate surface area is 145 Å². The minimum Gasteiger partial charge on any atom is -0.399 e. The van der Waals surface area contributed by atoms with Crippen LogP contribution >= 0.6 is 24.8 Å². The molecule has 1 saturated heterocycles. The van der Waals surface area contributed by atoms with E-state index in [4.69, 9.17) is 5.73 Å². The topological polar surface area (TPSA) is 58.4 Å². The third kappa shape index (κ3) is 6.03. The van der Waals surface area contributed by atoms with Crippen molar-refractivity contribution < 1.29 is 4.79 Å². The number of hydrogen-bond acceptors (Lipinski definition) is 3. The maximum Gasteiger partial charge on any atom is 0.251 e. The molecule has 0 unspecified atom stereocenters. The number of nitrogen functional groups attached to an aromatic ring is 1. The van der Waals surface area contributed by atoms with Gasteiger partial charge in [0.2, 0.25) is 0 Å². The van der Waals surface area contributed by atoms with Crippen LogP contribution in [0.15, 0.2) is 18.2 Å². The van der Waals surface area contributed by atoms with Crippen molar-refractivity contribution in [3.63, 3.8) is 0 Å². The molecule has 4 nitrogen and oxygen atoms in total. The molecule has 126 valence electrons. The summed E-state index contributed by atoms with van der Waals surface area (Å²) < 4.78 is 0. The van der Waals surface area contributed by atoms with Crippen LogP contribution in [0.4, 0.5) is 5.69 Å². The van der Waals surface area contributed by atoms with E-state index in [9.17, 15) is 4.79 Å². The van der Waals surface area contributed by atoms with Crippen molar-refractivity contribution in [1.82, 2.24) is 10.2 Å². The van der Waals surface area contributed by atoms with Crippen LogP contribution in [0.25, 0.3) is 0 Å². The van der Waals surface area contributed by atoms with Crippen molar-refractivity contribution in [2.45, 2.75) is 26.7 Å². The molecule has 0 atom stereocenters. The second-order valence-electron chi connectivity index (χ2n) is 5.85. The Kier molecular flexibility index (Phi) is 9.49. The number of carbonyl (C=O) groups excluding carboxylic acids is 1. The van der Waals surface area contributed by atoms with E-state index in [0.717, 1.165) is 31.1 Å². The van der Waals surface area contributed by atoms with E-state index in [1.807, 2.05) is 19.1 Å². The van der Waals surface area contributed by atoms with Gasteiger partial charge in [-0.05, 0) is 56.5 Å². The summed E-state index contributed by atoms with van der Waals surface area (Å²) in [6.45, 7) is 8.16. The van der Waals surface area contributed by atoms with Crippen LogP contribution in [0.2, 0.25) is 0 Å². The quantitative estimate of drug-likeness (QED) is 0.823. The van der Waals surface area contributed by atoms with Crippen LogP contribution in [-0.2, 0) is 0 Å². The molecule has 0 aliphatic carbocycles. The van der Waals surface area contributed by atoms with Crippen molar-refractivity contribution >= 4 is 36.4 Å². The molecular weight excluding hydrogens is 321 g/mol. The van der Waals surface area contributed by atoms with Gasteiger partial charge in [-0.15, -0.1) is 24.8 Å². The Morgan fingerprint density at radius 3 is 2.59 bits per heavy atom. The fourth-order valence-electron chi connectivity index (χ4n) is 2.59. The molecule has 1 aromatic rings. The van der Waals surface area contributed by atoms with Gasteiger partial charge in [0.25, 0.3) is 5.91 Å². The summed E-state index contributed by atoms with van der Waals surface area (Å²) in [5.74, 6) is 0.816. The molecule has 1 aromatic carbocycles. The first-order valence-corrected chi connectivity index (χ1v) is 7.43. The monoisotopic (exact) mass is 347 g/mol. The van der Waals surface area contributed by atoms with Gasteiger partial charge in [-0.3, -0.25) is 4.79 Å². The van der Waals surface area contributed by atoms with Crippen LogP contribution in [0.1, 0.15) is 35.7 Å². The van der Waals surface area contributed by atoms with Gasteiger partial charge in [-0.25, -0.2) is 0 Å². The maximum absolute atomic E-state index is 12.1. The molecule has 1 aliphatic heterocycles. The number of nitrogens with two attached hydrogens (primary N) is 1. The van der Waals surface area contributed by atoms with Crippen LogP contribution < -0.4 is 11.1 Å². The molecule has 22 heavy (non-hydrogen) atoms. The molecule has 0 bridgehead atoms. The Morgan fingerprint density at radius 2 is 1.95 bits per heavy atom. The fraction of sp³-hybridized carbons (Fsp3) is 0.562. The van der Waals surface area contributed by atoms with Gasteiger partial charge < -0.3 is 16.0 Å². The summed E-state index contributed by atoms with van der Waals surface area (Å²) in [5, 5.41) is 2.99. The van der Waals surface area contributed by atoms with E-state index in [1.165, 1.54) is 12.8 Å². The summed E-state index contributed by atoms with van der Waals surface area (Å²) in [7, 11) is 0. The van der Waals surface area contributed by atoms with Gasteiger partial charge in [0, 0.05) is 24.3 Å². The van der Waals surface area contributed by atoms with Crippen molar-refractivity contribution in [2.75, 3.05) is 31.9 Å². The average Bonchev–Trinajstić information content (AvgIpc) is 2.43. The van der Waals surface area contributed by atoms with Gasteiger partial charge in [0.15, 0.2) is 0 Å². The fourth-order valence-corrected chi connectivity index (χ4v) is 2.59. The van der Waals surface area contributed by atoms with Crippen LogP contribution in [0.3, 0.4) is 0 Å². The highest BCUT2D eigenvalue weighted by Gasteiger charge is 2.15. The second kappa shape index (κ2) is 9.93. The number of carbonyl (C=O) groups is 1. The van der Waals surface area contributed by atoms with Gasteiger partial charge in [0.05, 0.1) is 0 Å². The highest BCUT2D eigenvalue weighted by molar-refractivity contribution is 5.96. The molecule has 0 aromatic heterocycles. The predicted molar refractivity (Wildman–Crippen MR) is 97.3 cm³/mol. The lowest BCUT2D eigenvalue weighted by molar-refractivity contribution is 0.0944. The Balaban J connectivity index is 0.00000220. The average molecular weight is 348 g/mol. The van der Waals surface area contributed by atoms with E-state index in [2.05, 4.69) is 17.1 Å². The molecule has 1 aliphatic rings. The predicted octanol–water partition coefficient (Wildman–Crippen LogP) is 2.88. The standard InChI is InChI=1S/C16H25N3O.2ClH/c1-12-5-8-19(9-6-12)10-7-18-16(20)15-11-14(17)4-3-13(15)2;;/h3-4,11-12H,5-10,17H2,1-2H3,(H,18,20);2*1H. The number of hydrogen-bond donors (Lipinski definition) is 2. The number of likely N-dealkylation sites (tertiary alicyclic amines) is 1. The van der Waals surface area contributed by atoms with Crippen molar-refractivity contribution in [1.29, 1.82) is 0 Å². The molecule has 0 spiro atoms. The minimum atomic E-state index is -0.0276. The Bertz CT molecular complexity index is 474. The van der Waals surface area contributed by atoms with Gasteiger partial charge in [0.1, 0.15) is 0 Å². The first-order chi connectivity index (χ1) is 9.56. The van der Waals surface area contributed by atoms with Gasteiger partial charge in [-0.2, -0.15) is 0 Å². The first kappa shape index (κ1) is 21.0. The molecule has 6 heteroatoms. The Hall–Kier alpha value is -0.970. The molecule has 0 saturated carbocycles. The molecule has 2 rings (SSSR count). The van der Waals surface area contributed by atoms with E-state index >= 15 is 0 Å². The summed E-state index contributed by atoms with van der Waals surface area (Å²) in [6, 6.07) is 5.45.